The Morgan fingerprint density at radius 3 is 2.48 bits per heavy atom. The van der Waals surface area contributed by atoms with E-state index in [1.165, 1.54) is 19.2 Å². The summed E-state index contributed by atoms with van der Waals surface area (Å²) in [5.41, 5.74) is 0.322. The Hall–Kier alpha value is -1.63. The molecular weight excluding hydrogens is 361 g/mol. The molecule has 0 amide bonds. The van der Waals surface area contributed by atoms with Gasteiger partial charge in [-0.3, -0.25) is 4.72 Å². The van der Waals surface area contributed by atoms with Crippen LogP contribution >= 0.6 is 23.2 Å². The van der Waals surface area contributed by atoms with Gasteiger partial charge in [0.15, 0.2) is 5.75 Å². The van der Waals surface area contributed by atoms with Crippen LogP contribution in [-0.4, -0.2) is 22.1 Å². The van der Waals surface area contributed by atoms with Crippen LogP contribution in [0.3, 0.4) is 0 Å². The van der Waals surface area contributed by atoms with Crippen molar-refractivity contribution in [3.63, 3.8) is 0 Å². The maximum atomic E-state index is 12.7. The summed E-state index contributed by atoms with van der Waals surface area (Å²) in [5.74, 6) is 0.415. The minimum atomic E-state index is -3.93. The summed E-state index contributed by atoms with van der Waals surface area (Å²) in [6.45, 7) is 2.22. The molecule has 2 rings (SSSR count). The Labute approximate surface area is 145 Å². The minimum Gasteiger partial charge on any atom is -0.494 e. The van der Waals surface area contributed by atoms with Crippen LogP contribution in [0.4, 0.5) is 5.69 Å². The summed E-state index contributed by atoms with van der Waals surface area (Å²) >= 11 is 11.9. The normalized spacial score (nSPS) is 11.1. The largest absolute Gasteiger partial charge is 0.494 e. The second kappa shape index (κ2) is 7.29. The molecule has 0 heterocycles. The number of nitrogens with one attached hydrogen (secondary N) is 1. The van der Waals surface area contributed by atoms with Crippen molar-refractivity contribution in [2.75, 3.05) is 18.4 Å². The zero-order valence-electron chi connectivity index (χ0n) is 12.5. The van der Waals surface area contributed by atoms with Crippen molar-refractivity contribution in [2.45, 2.75) is 11.8 Å². The van der Waals surface area contributed by atoms with Gasteiger partial charge in [-0.1, -0.05) is 35.3 Å². The predicted octanol–water partition coefficient (Wildman–Crippen LogP) is 4.20. The lowest BCUT2D eigenvalue weighted by Gasteiger charge is -2.15. The van der Waals surface area contributed by atoms with E-state index >= 15 is 0 Å². The van der Waals surface area contributed by atoms with Crippen molar-refractivity contribution < 1.29 is 17.9 Å². The summed E-state index contributed by atoms with van der Waals surface area (Å²) in [4.78, 5) is -0.110. The molecule has 0 radical (unpaired) electrons. The number of ether oxygens (including phenoxy) is 2. The monoisotopic (exact) mass is 375 g/mol. The van der Waals surface area contributed by atoms with E-state index < -0.39 is 10.0 Å². The number of anilines is 1. The molecule has 23 heavy (non-hydrogen) atoms. The number of hydrogen-bond donors (Lipinski definition) is 1. The van der Waals surface area contributed by atoms with E-state index in [9.17, 15) is 8.42 Å². The average Bonchev–Trinajstić information content (AvgIpc) is 2.51. The van der Waals surface area contributed by atoms with E-state index in [2.05, 4.69) is 4.72 Å². The Balaban J connectivity index is 2.47. The van der Waals surface area contributed by atoms with Crippen LogP contribution in [0.5, 0.6) is 11.5 Å². The number of halogens is 2. The second-order valence-corrected chi connectivity index (χ2v) is 6.86. The second-order valence-electron chi connectivity index (χ2n) is 4.43. The quantitative estimate of drug-likeness (QED) is 0.821. The molecule has 2 aromatic carbocycles. The first-order valence-corrected chi connectivity index (χ1v) is 8.91. The topological polar surface area (TPSA) is 64.6 Å². The zero-order valence-corrected chi connectivity index (χ0v) is 14.8. The van der Waals surface area contributed by atoms with Crippen molar-refractivity contribution in [1.29, 1.82) is 0 Å². The third-order valence-electron chi connectivity index (χ3n) is 2.94. The van der Waals surface area contributed by atoms with Crippen LogP contribution in [0.1, 0.15) is 6.92 Å². The molecule has 5 nitrogen and oxygen atoms in total. The van der Waals surface area contributed by atoms with Crippen LogP contribution in [-0.2, 0) is 10.0 Å². The van der Waals surface area contributed by atoms with Gasteiger partial charge >= 0.3 is 0 Å². The fourth-order valence-corrected chi connectivity index (χ4v) is 3.64. The lowest BCUT2D eigenvalue weighted by atomic mass is 10.3. The predicted molar refractivity (Wildman–Crippen MR) is 91.4 cm³/mol. The molecule has 0 aromatic heterocycles. The fourth-order valence-electron chi connectivity index (χ4n) is 1.95. The van der Waals surface area contributed by atoms with Gasteiger partial charge in [-0.2, -0.15) is 0 Å². The molecule has 8 heteroatoms. The van der Waals surface area contributed by atoms with Gasteiger partial charge in [0.25, 0.3) is 10.0 Å². The van der Waals surface area contributed by atoms with Gasteiger partial charge in [-0.25, -0.2) is 8.42 Å². The molecule has 0 atom stereocenters. The van der Waals surface area contributed by atoms with Crippen molar-refractivity contribution in [1.82, 2.24) is 0 Å². The van der Waals surface area contributed by atoms with Crippen molar-refractivity contribution in [2.24, 2.45) is 0 Å². The molecule has 0 aliphatic heterocycles. The smallest absolute Gasteiger partial charge is 0.265 e. The minimum absolute atomic E-state index is 0.0134. The molecule has 0 unspecified atom stereocenters. The summed E-state index contributed by atoms with van der Waals surface area (Å²) in [7, 11) is -2.61. The van der Waals surface area contributed by atoms with Gasteiger partial charge in [-0.15, -0.1) is 0 Å². The van der Waals surface area contributed by atoms with Gasteiger partial charge in [0.2, 0.25) is 0 Å². The van der Waals surface area contributed by atoms with Crippen molar-refractivity contribution >= 4 is 38.9 Å². The summed E-state index contributed by atoms with van der Waals surface area (Å²) in [5, 5.41) is 0.243. The Bertz CT molecular complexity index is 809. The highest BCUT2D eigenvalue weighted by Gasteiger charge is 2.24. The fraction of sp³-hybridized carbons (Fsp3) is 0.200. The summed E-state index contributed by atoms with van der Waals surface area (Å²) in [6.07, 6.45) is 0. The van der Waals surface area contributed by atoms with Crippen molar-refractivity contribution in [3.05, 3.63) is 46.4 Å². The third kappa shape index (κ3) is 3.83. The molecular formula is C15H15Cl2NO4S. The number of para-hydroxylation sites is 2. The molecule has 124 valence electrons. The lowest BCUT2D eigenvalue weighted by Crippen LogP contribution is -2.15. The van der Waals surface area contributed by atoms with Crippen LogP contribution in [0.25, 0.3) is 0 Å². The molecule has 2 aromatic rings. The Morgan fingerprint density at radius 1 is 1.13 bits per heavy atom. The molecule has 0 bridgehead atoms. The number of methoxy groups -OCH3 is 1. The molecule has 0 aliphatic carbocycles. The van der Waals surface area contributed by atoms with Crippen LogP contribution in [0, 0.1) is 0 Å². The first-order valence-electron chi connectivity index (χ1n) is 6.67. The summed E-state index contributed by atoms with van der Waals surface area (Å²) in [6, 6.07) is 9.46. The number of rotatable bonds is 6. The van der Waals surface area contributed by atoms with E-state index in [0.717, 1.165) is 0 Å². The Kier molecular flexibility index (Phi) is 5.62. The van der Waals surface area contributed by atoms with E-state index in [1.54, 1.807) is 24.3 Å². The van der Waals surface area contributed by atoms with Gasteiger partial charge < -0.3 is 9.47 Å². The summed E-state index contributed by atoms with van der Waals surface area (Å²) < 4.78 is 38.3. The molecule has 0 aliphatic rings. The SMILES string of the molecule is CCOc1ccccc1NS(=O)(=O)c1ccc(Cl)c(Cl)c1OC. The maximum Gasteiger partial charge on any atom is 0.265 e. The maximum absolute atomic E-state index is 12.7. The van der Waals surface area contributed by atoms with Crippen LogP contribution in [0.2, 0.25) is 10.0 Å². The van der Waals surface area contributed by atoms with Gasteiger partial charge in [0.05, 0.1) is 24.4 Å². The number of hydrogen-bond acceptors (Lipinski definition) is 4. The highest BCUT2D eigenvalue weighted by Crippen LogP contribution is 2.38. The average molecular weight is 376 g/mol. The van der Waals surface area contributed by atoms with Crippen LogP contribution in [0.15, 0.2) is 41.3 Å². The lowest BCUT2D eigenvalue weighted by molar-refractivity contribution is 0.342. The molecule has 0 saturated carbocycles. The first kappa shape index (κ1) is 17.7. The molecule has 1 N–H and O–H groups in total. The molecule has 0 fully saturated rings. The highest BCUT2D eigenvalue weighted by atomic mass is 35.5. The van der Waals surface area contributed by atoms with Gasteiger partial charge in [-0.05, 0) is 31.2 Å². The third-order valence-corrected chi connectivity index (χ3v) is 5.11. The van der Waals surface area contributed by atoms with Crippen molar-refractivity contribution in [3.8, 4) is 11.5 Å². The van der Waals surface area contributed by atoms with Gasteiger partial charge in [0.1, 0.15) is 15.7 Å². The number of sulfonamides is 1. The van der Waals surface area contributed by atoms with Gasteiger partial charge in [0, 0.05) is 0 Å². The standard InChI is InChI=1S/C15H15Cl2NO4S/c1-3-22-12-7-5-4-6-11(12)18-23(19,20)13-9-8-10(16)14(17)15(13)21-2/h4-9,18H,3H2,1-2H3. The van der Waals surface area contributed by atoms with E-state index in [4.69, 9.17) is 32.7 Å². The van der Waals surface area contributed by atoms with E-state index in [-0.39, 0.29) is 20.7 Å². The van der Waals surface area contributed by atoms with E-state index in [0.29, 0.717) is 18.0 Å². The first-order chi connectivity index (χ1) is 10.9. The van der Waals surface area contributed by atoms with Crippen LogP contribution < -0.4 is 14.2 Å². The molecule has 0 saturated heterocycles. The number of benzene rings is 2. The van der Waals surface area contributed by atoms with E-state index in [1.807, 2.05) is 6.92 Å². The highest BCUT2D eigenvalue weighted by molar-refractivity contribution is 7.92. The molecule has 0 spiro atoms. The zero-order chi connectivity index (χ0) is 17.0. The Morgan fingerprint density at radius 2 is 1.83 bits per heavy atom.